The van der Waals surface area contributed by atoms with Gasteiger partial charge in [-0.2, -0.15) is 13.2 Å². The number of halogens is 3. The number of aromatic carboxylic acids is 1. The molecule has 2 rings (SSSR count). The first-order valence-electron chi connectivity index (χ1n) is 6.56. The molecule has 0 aliphatic rings. The summed E-state index contributed by atoms with van der Waals surface area (Å²) in [7, 11) is 0. The number of hydrogen-bond donors (Lipinski definition) is 2. The molecule has 2 aromatic rings. The third kappa shape index (κ3) is 4.70. The SMILES string of the molecule is O=C(O)c1cccc(C(=O)Nc2ccccc2OCC(F)(F)F)n1. The Labute approximate surface area is 133 Å². The summed E-state index contributed by atoms with van der Waals surface area (Å²) in [6.45, 7) is -1.51. The Hall–Kier alpha value is -3.10. The summed E-state index contributed by atoms with van der Waals surface area (Å²) in [6, 6.07) is 9.38. The van der Waals surface area contributed by atoms with Crippen molar-refractivity contribution in [2.75, 3.05) is 11.9 Å². The van der Waals surface area contributed by atoms with Crippen LogP contribution in [0.3, 0.4) is 0 Å². The van der Waals surface area contributed by atoms with E-state index in [4.69, 9.17) is 5.11 Å². The predicted molar refractivity (Wildman–Crippen MR) is 77.1 cm³/mol. The summed E-state index contributed by atoms with van der Waals surface area (Å²) in [4.78, 5) is 26.6. The lowest BCUT2D eigenvalue weighted by Crippen LogP contribution is -2.20. The molecule has 126 valence electrons. The molecule has 0 aliphatic heterocycles. The zero-order valence-electron chi connectivity index (χ0n) is 12.0. The van der Waals surface area contributed by atoms with Crippen molar-refractivity contribution in [3.8, 4) is 5.75 Å². The quantitative estimate of drug-likeness (QED) is 0.873. The second-order valence-electron chi connectivity index (χ2n) is 4.57. The number of para-hydroxylation sites is 2. The topological polar surface area (TPSA) is 88.5 Å². The zero-order chi connectivity index (χ0) is 17.7. The standard InChI is InChI=1S/C15H11F3N2O4/c16-15(17,18)8-24-12-7-2-1-4-9(12)20-13(21)10-5-3-6-11(19-10)14(22)23/h1-7H,8H2,(H,20,21)(H,22,23). The normalized spacial score (nSPS) is 11.0. The fourth-order valence-corrected chi connectivity index (χ4v) is 1.72. The number of benzene rings is 1. The molecule has 2 N–H and O–H groups in total. The maximum absolute atomic E-state index is 12.2. The molecule has 1 amide bonds. The van der Waals surface area contributed by atoms with Crippen molar-refractivity contribution >= 4 is 17.6 Å². The molecule has 1 aromatic heterocycles. The van der Waals surface area contributed by atoms with Crippen molar-refractivity contribution < 1.29 is 32.6 Å². The summed E-state index contributed by atoms with van der Waals surface area (Å²) >= 11 is 0. The van der Waals surface area contributed by atoms with Gasteiger partial charge in [-0.3, -0.25) is 4.79 Å². The van der Waals surface area contributed by atoms with Crippen molar-refractivity contribution in [2.45, 2.75) is 6.18 Å². The van der Waals surface area contributed by atoms with Crippen molar-refractivity contribution in [1.29, 1.82) is 0 Å². The number of nitrogens with one attached hydrogen (secondary N) is 1. The van der Waals surface area contributed by atoms with E-state index >= 15 is 0 Å². The lowest BCUT2D eigenvalue weighted by Gasteiger charge is -2.13. The van der Waals surface area contributed by atoms with Gasteiger partial charge < -0.3 is 15.2 Å². The molecule has 0 fully saturated rings. The van der Waals surface area contributed by atoms with E-state index in [0.717, 1.165) is 0 Å². The summed E-state index contributed by atoms with van der Waals surface area (Å²) in [5.41, 5.74) is -0.515. The van der Waals surface area contributed by atoms with Crippen molar-refractivity contribution in [1.82, 2.24) is 4.98 Å². The van der Waals surface area contributed by atoms with Gasteiger partial charge >= 0.3 is 12.1 Å². The Morgan fingerprint density at radius 3 is 2.42 bits per heavy atom. The van der Waals surface area contributed by atoms with Gasteiger partial charge in [0, 0.05) is 0 Å². The molecule has 0 radical (unpaired) electrons. The lowest BCUT2D eigenvalue weighted by molar-refractivity contribution is -0.153. The summed E-state index contributed by atoms with van der Waals surface area (Å²) < 4.78 is 41.4. The van der Waals surface area contributed by atoms with E-state index < -0.39 is 24.7 Å². The van der Waals surface area contributed by atoms with Gasteiger partial charge in [-0.05, 0) is 24.3 Å². The molecule has 0 saturated carbocycles. The third-order valence-corrected chi connectivity index (χ3v) is 2.73. The van der Waals surface area contributed by atoms with Gasteiger partial charge in [-0.25, -0.2) is 9.78 Å². The Balaban J connectivity index is 2.17. The number of amides is 1. The highest BCUT2D eigenvalue weighted by Crippen LogP contribution is 2.26. The maximum Gasteiger partial charge on any atom is 0.422 e. The number of rotatable bonds is 5. The first kappa shape index (κ1) is 17.3. The number of carboxylic acid groups (broad SMARTS) is 1. The first-order valence-corrected chi connectivity index (χ1v) is 6.56. The fourth-order valence-electron chi connectivity index (χ4n) is 1.72. The van der Waals surface area contributed by atoms with Crippen LogP contribution in [0.2, 0.25) is 0 Å². The molecule has 0 atom stereocenters. The zero-order valence-corrected chi connectivity index (χ0v) is 12.0. The maximum atomic E-state index is 12.2. The molecule has 0 unspecified atom stereocenters. The van der Waals surface area contributed by atoms with E-state index in [-0.39, 0.29) is 22.8 Å². The molecule has 0 saturated heterocycles. The van der Waals surface area contributed by atoms with Crippen LogP contribution in [0.4, 0.5) is 18.9 Å². The van der Waals surface area contributed by atoms with Gasteiger partial charge in [0.2, 0.25) is 0 Å². The van der Waals surface area contributed by atoms with Crippen LogP contribution >= 0.6 is 0 Å². The van der Waals surface area contributed by atoms with Crippen LogP contribution in [0.25, 0.3) is 0 Å². The van der Waals surface area contributed by atoms with Gasteiger partial charge in [0.05, 0.1) is 5.69 Å². The van der Waals surface area contributed by atoms with E-state index in [2.05, 4.69) is 15.0 Å². The van der Waals surface area contributed by atoms with E-state index in [1.807, 2.05) is 0 Å². The number of ether oxygens (including phenoxy) is 1. The number of alkyl halides is 3. The number of aromatic nitrogens is 1. The molecule has 0 bridgehead atoms. The van der Waals surface area contributed by atoms with E-state index in [1.165, 1.54) is 42.5 Å². The predicted octanol–water partition coefficient (Wildman–Crippen LogP) is 2.97. The van der Waals surface area contributed by atoms with E-state index in [1.54, 1.807) is 0 Å². The van der Waals surface area contributed by atoms with Gasteiger partial charge in [-0.15, -0.1) is 0 Å². The molecule has 0 aliphatic carbocycles. The molecule has 6 nitrogen and oxygen atoms in total. The number of nitrogens with zero attached hydrogens (tertiary/aromatic N) is 1. The van der Waals surface area contributed by atoms with Crippen LogP contribution in [0, 0.1) is 0 Å². The Morgan fingerprint density at radius 2 is 1.75 bits per heavy atom. The van der Waals surface area contributed by atoms with Crippen LogP contribution in [-0.2, 0) is 0 Å². The van der Waals surface area contributed by atoms with Crippen LogP contribution in [-0.4, -0.2) is 34.8 Å². The van der Waals surface area contributed by atoms with Crippen LogP contribution < -0.4 is 10.1 Å². The van der Waals surface area contributed by atoms with Crippen LogP contribution in [0.15, 0.2) is 42.5 Å². The Morgan fingerprint density at radius 1 is 1.08 bits per heavy atom. The molecular formula is C15H11F3N2O4. The minimum atomic E-state index is -4.52. The average Bonchev–Trinajstić information content (AvgIpc) is 2.53. The Bertz CT molecular complexity index is 762. The minimum absolute atomic E-state index is 0.00859. The molecular weight excluding hydrogens is 329 g/mol. The van der Waals surface area contributed by atoms with E-state index in [9.17, 15) is 22.8 Å². The minimum Gasteiger partial charge on any atom is -0.482 e. The van der Waals surface area contributed by atoms with Crippen molar-refractivity contribution in [3.05, 3.63) is 53.9 Å². The fraction of sp³-hybridized carbons (Fsp3) is 0.133. The molecule has 24 heavy (non-hydrogen) atoms. The highest BCUT2D eigenvalue weighted by atomic mass is 19.4. The number of pyridine rings is 1. The number of carboxylic acids is 1. The molecule has 1 aromatic carbocycles. The van der Waals surface area contributed by atoms with Gasteiger partial charge in [0.1, 0.15) is 17.1 Å². The average molecular weight is 340 g/mol. The van der Waals surface area contributed by atoms with Crippen LogP contribution in [0.5, 0.6) is 5.75 Å². The summed E-state index contributed by atoms with van der Waals surface area (Å²) in [5.74, 6) is -2.25. The highest BCUT2D eigenvalue weighted by molar-refractivity contribution is 6.04. The highest BCUT2D eigenvalue weighted by Gasteiger charge is 2.29. The third-order valence-electron chi connectivity index (χ3n) is 2.73. The van der Waals surface area contributed by atoms with Crippen molar-refractivity contribution in [3.63, 3.8) is 0 Å². The summed E-state index contributed by atoms with van der Waals surface area (Å²) in [5, 5.41) is 11.2. The molecule has 1 heterocycles. The second-order valence-corrected chi connectivity index (χ2v) is 4.57. The van der Waals surface area contributed by atoms with Gasteiger partial charge in [0.25, 0.3) is 5.91 Å². The van der Waals surface area contributed by atoms with Crippen molar-refractivity contribution in [2.24, 2.45) is 0 Å². The number of carbonyl (C=O) groups is 2. The molecule has 9 heteroatoms. The van der Waals surface area contributed by atoms with Gasteiger partial charge in [-0.1, -0.05) is 18.2 Å². The number of anilines is 1. The van der Waals surface area contributed by atoms with Gasteiger partial charge in [0.15, 0.2) is 6.61 Å². The monoisotopic (exact) mass is 340 g/mol. The lowest BCUT2D eigenvalue weighted by atomic mass is 10.2. The van der Waals surface area contributed by atoms with Crippen LogP contribution in [0.1, 0.15) is 21.0 Å². The smallest absolute Gasteiger partial charge is 0.422 e. The number of carbonyl (C=O) groups excluding carboxylic acids is 1. The molecule has 0 spiro atoms. The second kappa shape index (κ2) is 6.99. The Kier molecular flexibility index (Phi) is 5.02. The largest absolute Gasteiger partial charge is 0.482 e. The van der Waals surface area contributed by atoms with E-state index in [0.29, 0.717) is 0 Å². The number of hydrogen-bond acceptors (Lipinski definition) is 4. The summed E-state index contributed by atoms with van der Waals surface area (Å²) in [6.07, 6.45) is -4.52. The first-order chi connectivity index (χ1) is 11.3.